The van der Waals surface area contributed by atoms with Crippen molar-refractivity contribution in [3.05, 3.63) is 80.9 Å². The third-order valence-electron chi connectivity index (χ3n) is 4.15. The first kappa shape index (κ1) is 22.8. The van der Waals surface area contributed by atoms with Gasteiger partial charge in [-0.05, 0) is 42.0 Å². The number of rotatable bonds is 7. The second-order valence-corrected chi connectivity index (χ2v) is 7.97. The molecule has 0 fully saturated rings. The summed E-state index contributed by atoms with van der Waals surface area (Å²) < 4.78 is 0. The number of aromatic nitrogens is 1. The number of carboxylic acid groups (broad SMARTS) is 1. The third-order valence-corrected chi connectivity index (χ3v) is 5.23. The molecule has 1 heterocycles. The predicted molar refractivity (Wildman–Crippen MR) is 120 cm³/mol. The number of nitrogens with zero attached hydrogens (tertiary/aromatic N) is 1. The summed E-state index contributed by atoms with van der Waals surface area (Å²) in [6, 6.07) is 10.5. The van der Waals surface area contributed by atoms with E-state index < -0.39 is 17.8 Å². The number of thiazole rings is 1. The van der Waals surface area contributed by atoms with Crippen molar-refractivity contribution in [2.75, 3.05) is 5.73 Å². The smallest absolute Gasteiger partial charge is 0.352 e. The number of nitrogens with two attached hydrogens (primary N) is 1. The molecule has 32 heavy (non-hydrogen) atoms. The number of aromatic hydroxyl groups is 1. The van der Waals surface area contributed by atoms with Gasteiger partial charge in [-0.15, -0.1) is 0 Å². The van der Waals surface area contributed by atoms with Crippen molar-refractivity contribution in [2.24, 2.45) is 0 Å². The Kier molecular flexibility index (Phi) is 7.08. The summed E-state index contributed by atoms with van der Waals surface area (Å²) in [7, 11) is 0. The van der Waals surface area contributed by atoms with Gasteiger partial charge >= 0.3 is 5.97 Å². The second-order valence-electron chi connectivity index (χ2n) is 6.47. The zero-order chi connectivity index (χ0) is 23.3. The molecule has 0 aliphatic heterocycles. The normalized spacial score (nSPS) is 11.1. The van der Waals surface area contributed by atoms with Crippen molar-refractivity contribution in [1.29, 1.82) is 0 Å². The van der Waals surface area contributed by atoms with Crippen LogP contribution >= 0.6 is 22.9 Å². The Morgan fingerprint density at radius 2 is 1.94 bits per heavy atom. The molecule has 0 unspecified atom stereocenters. The van der Waals surface area contributed by atoms with Gasteiger partial charge in [0.25, 0.3) is 11.8 Å². The highest BCUT2D eigenvalue weighted by molar-refractivity contribution is 7.16. The van der Waals surface area contributed by atoms with Gasteiger partial charge in [0.1, 0.15) is 11.4 Å². The first-order valence-corrected chi connectivity index (χ1v) is 10.3. The van der Waals surface area contributed by atoms with E-state index in [0.717, 1.165) is 11.3 Å². The summed E-state index contributed by atoms with van der Waals surface area (Å²) in [4.78, 5) is 40.7. The highest BCUT2D eigenvalue weighted by Crippen LogP contribution is 2.20. The van der Waals surface area contributed by atoms with Crippen molar-refractivity contribution in [2.45, 2.75) is 6.54 Å². The third kappa shape index (κ3) is 5.84. The maximum atomic E-state index is 12.5. The van der Waals surface area contributed by atoms with E-state index in [1.165, 1.54) is 42.6 Å². The Balaban J connectivity index is 1.70. The zero-order valence-electron chi connectivity index (χ0n) is 16.3. The van der Waals surface area contributed by atoms with Crippen molar-refractivity contribution in [3.8, 4) is 5.75 Å². The fourth-order valence-corrected chi connectivity index (χ4v) is 3.54. The number of benzene rings is 2. The summed E-state index contributed by atoms with van der Waals surface area (Å²) in [5.41, 5.74) is 6.04. The van der Waals surface area contributed by atoms with Crippen molar-refractivity contribution >= 4 is 51.9 Å². The number of amides is 2. The van der Waals surface area contributed by atoms with Gasteiger partial charge in [-0.1, -0.05) is 35.1 Å². The Bertz CT molecular complexity index is 1220. The molecule has 0 saturated carbocycles. The van der Waals surface area contributed by atoms with Crippen LogP contribution in [0.2, 0.25) is 5.02 Å². The van der Waals surface area contributed by atoms with Crippen LogP contribution in [0.4, 0.5) is 5.13 Å². The van der Waals surface area contributed by atoms with Gasteiger partial charge in [-0.25, -0.2) is 9.78 Å². The molecule has 0 saturated heterocycles. The molecule has 3 rings (SSSR count). The van der Waals surface area contributed by atoms with Gasteiger partial charge in [0, 0.05) is 18.3 Å². The lowest BCUT2D eigenvalue weighted by atomic mass is 10.1. The van der Waals surface area contributed by atoms with E-state index in [0.29, 0.717) is 10.4 Å². The molecule has 0 aliphatic carbocycles. The van der Waals surface area contributed by atoms with E-state index in [1.807, 2.05) is 0 Å². The number of phenolic OH excluding ortho intramolecular Hbond substituents is 1. The monoisotopic (exact) mass is 472 g/mol. The lowest BCUT2D eigenvalue weighted by Crippen LogP contribution is -2.28. The van der Waals surface area contributed by atoms with E-state index in [9.17, 15) is 24.6 Å². The Morgan fingerprint density at radius 1 is 1.16 bits per heavy atom. The highest BCUT2D eigenvalue weighted by atomic mass is 35.5. The summed E-state index contributed by atoms with van der Waals surface area (Å²) in [5, 5.41) is 24.0. The number of carboxylic acids is 1. The van der Waals surface area contributed by atoms with E-state index in [2.05, 4.69) is 15.6 Å². The molecule has 0 aliphatic rings. The average Bonchev–Trinajstić information content (AvgIpc) is 3.16. The maximum Gasteiger partial charge on any atom is 0.352 e. The van der Waals surface area contributed by atoms with E-state index in [1.54, 1.807) is 12.1 Å². The number of nitrogens with one attached hydrogen (secondary N) is 2. The molecule has 164 valence electrons. The number of hydrogen-bond donors (Lipinski definition) is 5. The van der Waals surface area contributed by atoms with E-state index in [-0.39, 0.29) is 39.3 Å². The molecule has 0 bridgehead atoms. The minimum absolute atomic E-state index is 0.00725. The molecular formula is C21H17ClN4O5S. The van der Waals surface area contributed by atoms with Crippen LogP contribution in [0.15, 0.2) is 54.4 Å². The molecule has 2 aromatic carbocycles. The summed E-state index contributed by atoms with van der Waals surface area (Å²) in [6.07, 6.45) is 2.61. The first-order valence-electron chi connectivity index (χ1n) is 9.06. The zero-order valence-corrected chi connectivity index (χ0v) is 17.9. The minimum Gasteiger partial charge on any atom is -0.508 e. The van der Waals surface area contributed by atoms with Crippen LogP contribution in [-0.2, 0) is 11.3 Å². The first-order chi connectivity index (χ1) is 15.2. The fourth-order valence-electron chi connectivity index (χ4n) is 2.64. The van der Waals surface area contributed by atoms with Crippen LogP contribution in [0.5, 0.6) is 5.75 Å². The number of anilines is 1. The Morgan fingerprint density at radius 3 is 2.56 bits per heavy atom. The number of carbonyl (C=O) groups is 3. The molecule has 6 N–H and O–H groups in total. The molecular weight excluding hydrogens is 456 g/mol. The molecule has 0 spiro atoms. The maximum absolute atomic E-state index is 12.5. The van der Waals surface area contributed by atoms with Crippen LogP contribution in [0.1, 0.15) is 31.2 Å². The standard InChI is InChI=1S/C21H17ClN4O5S/c22-16-7-12(18(28)24-9-11-2-1-3-13(27)6-11)4-5-15(16)19(29)26-17(20(30)31)8-14-10-25-21(23)32-14/h1-8,10,27H,9H2,(H2,23,25)(H,24,28)(H,26,29)(H,30,31). The van der Waals surface area contributed by atoms with Crippen LogP contribution in [0.25, 0.3) is 6.08 Å². The summed E-state index contributed by atoms with van der Waals surface area (Å²) >= 11 is 7.23. The number of phenols is 1. The topological polar surface area (TPSA) is 155 Å². The Hall–Kier alpha value is -3.89. The van der Waals surface area contributed by atoms with Gasteiger partial charge in [0.15, 0.2) is 5.13 Å². The summed E-state index contributed by atoms with van der Waals surface area (Å²) in [5.74, 6) is -2.46. The predicted octanol–water partition coefficient (Wildman–Crippen LogP) is 2.87. The molecule has 2 amide bonds. The lowest BCUT2D eigenvalue weighted by Gasteiger charge is -2.10. The molecule has 1 aromatic heterocycles. The highest BCUT2D eigenvalue weighted by Gasteiger charge is 2.18. The molecule has 3 aromatic rings. The number of aliphatic carboxylic acids is 1. The fraction of sp³-hybridized carbons (Fsp3) is 0.0476. The van der Waals surface area contributed by atoms with Gasteiger partial charge in [0.2, 0.25) is 0 Å². The molecule has 11 heteroatoms. The SMILES string of the molecule is Nc1ncc(C=C(NC(=O)c2ccc(C(=O)NCc3cccc(O)c3)cc2Cl)C(=O)O)s1. The van der Waals surface area contributed by atoms with Crippen LogP contribution in [0.3, 0.4) is 0 Å². The van der Waals surface area contributed by atoms with E-state index >= 15 is 0 Å². The number of nitrogen functional groups attached to an aromatic ring is 1. The van der Waals surface area contributed by atoms with Gasteiger partial charge in [-0.2, -0.15) is 0 Å². The van der Waals surface area contributed by atoms with Crippen molar-refractivity contribution < 1.29 is 24.6 Å². The second kappa shape index (κ2) is 9.94. The van der Waals surface area contributed by atoms with Gasteiger partial charge in [0.05, 0.1) is 15.5 Å². The largest absolute Gasteiger partial charge is 0.508 e. The molecule has 9 nitrogen and oxygen atoms in total. The van der Waals surface area contributed by atoms with Gasteiger partial charge in [-0.3, -0.25) is 9.59 Å². The number of hydrogen-bond acceptors (Lipinski definition) is 7. The van der Waals surface area contributed by atoms with E-state index in [4.69, 9.17) is 17.3 Å². The number of halogens is 1. The molecule has 0 radical (unpaired) electrons. The Labute approximate surface area is 191 Å². The quantitative estimate of drug-likeness (QED) is 0.331. The van der Waals surface area contributed by atoms with Gasteiger partial charge < -0.3 is 26.6 Å². The van der Waals surface area contributed by atoms with Crippen LogP contribution < -0.4 is 16.4 Å². The number of carbonyl (C=O) groups excluding carboxylic acids is 2. The summed E-state index contributed by atoms with van der Waals surface area (Å²) in [6.45, 7) is 0.182. The average molecular weight is 473 g/mol. The van der Waals surface area contributed by atoms with Crippen molar-refractivity contribution in [3.63, 3.8) is 0 Å². The van der Waals surface area contributed by atoms with Crippen LogP contribution in [-0.4, -0.2) is 33.0 Å². The van der Waals surface area contributed by atoms with Crippen LogP contribution in [0, 0.1) is 0 Å². The molecule has 0 atom stereocenters. The lowest BCUT2D eigenvalue weighted by molar-refractivity contribution is -0.132. The van der Waals surface area contributed by atoms with Crippen molar-refractivity contribution in [1.82, 2.24) is 15.6 Å². The minimum atomic E-state index is -1.36.